The first kappa shape index (κ1) is 18.6. The number of anilines is 1. The second kappa shape index (κ2) is 8.10. The van der Waals surface area contributed by atoms with Gasteiger partial charge in [0.25, 0.3) is 5.91 Å². The van der Waals surface area contributed by atoms with Crippen LogP contribution in [0.1, 0.15) is 23.2 Å². The molecule has 1 amide bonds. The van der Waals surface area contributed by atoms with Crippen molar-refractivity contribution in [1.29, 1.82) is 0 Å². The average molecular weight is 442 g/mol. The molecular weight excluding hydrogens is 422 g/mol. The normalized spacial score (nSPS) is 14.4. The average Bonchev–Trinajstić information content (AvgIpc) is 3.23. The van der Waals surface area contributed by atoms with Gasteiger partial charge in [0, 0.05) is 54.4 Å². The van der Waals surface area contributed by atoms with Crippen molar-refractivity contribution in [2.24, 2.45) is 0 Å². The maximum atomic E-state index is 12.7. The summed E-state index contributed by atoms with van der Waals surface area (Å²) in [5.41, 5.74) is 1.53. The van der Waals surface area contributed by atoms with Crippen LogP contribution in [0.4, 0.5) is 5.82 Å². The van der Waals surface area contributed by atoms with Crippen LogP contribution in [-0.4, -0.2) is 52.1 Å². The van der Waals surface area contributed by atoms with Crippen molar-refractivity contribution in [3.63, 3.8) is 0 Å². The van der Waals surface area contributed by atoms with Gasteiger partial charge in [-0.05, 0) is 30.3 Å². The number of rotatable bonds is 4. The zero-order chi connectivity index (χ0) is 19.5. The molecule has 1 saturated heterocycles. The molecule has 28 heavy (non-hydrogen) atoms. The van der Waals surface area contributed by atoms with Gasteiger partial charge in [0.15, 0.2) is 0 Å². The fraction of sp³-hybridized carbons (Fsp3) is 0.300. The third-order valence-corrected chi connectivity index (χ3v) is 5.23. The van der Waals surface area contributed by atoms with Gasteiger partial charge in [0.2, 0.25) is 11.7 Å². The van der Waals surface area contributed by atoms with E-state index in [2.05, 4.69) is 36.0 Å². The Morgan fingerprint density at radius 1 is 1.18 bits per heavy atom. The van der Waals surface area contributed by atoms with Gasteiger partial charge in [-0.25, -0.2) is 4.98 Å². The molecule has 0 aliphatic carbocycles. The van der Waals surface area contributed by atoms with Gasteiger partial charge < -0.3 is 14.3 Å². The van der Waals surface area contributed by atoms with Gasteiger partial charge in [-0.2, -0.15) is 4.98 Å². The van der Waals surface area contributed by atoms with Gasteiger partial charge in [-0.3, -0.25) is 4.79 Å². The SMILES string of the molecule is CCc1nc(-c2ccc(N3CCN(C(=O)c4cccc(Br)c4)CC3)nc2)no1. The lowest BCUT2D eigenvalue weighted by atomic mass is 10.2. The topological polar surface area (TPSA) is 75.4 Å². The van der Waals surface area contributed by atoms with E-state index in [-0.39, 0.29) is 5.91 Å². The van der Waals surface area contributed by atoms with E-state index < -0.39 is 0 Å². The maximum Gasteiger partial charge on any atom is 0.254 e. The highest BCUT2D eigenvalue weighted by molar-refractivity contribution is 9.10. The largest absolute Gasteiger partial charge is 0.353 e. The molecule has 0 radical (unpaired) electrons. The van der Waals surface area contributed by atoms with Gasteiger partial charge in [-0.15, -0.1) is 0 Å². The monoisotopic (exact) mass is 441 g/mol. The Labute approximate surface area is 171 Å². The highest BCUT2D eigenvalue weighted by Crippen LogP contribution is 2.20. The number of piperazine rings is 1. The number of nitrogens with zero attached hydrogens (tertiary/aromatic N) is 5. The molecule has 2 aromatic heterocycles. The molecule has 0 bridgehead atoms. The number of benzene rings is 1. The van der Waals surface area contributed by atoms with Crippen LogP contribution in [0.25, 0.3) is 11.4 Å². The minimum absolute atomic E-state index is 0.0630. The molecule has 144 valence electrons. The first-order chi connectivity index (χ1) is 13.6. The van der Waals surface area contributed by atoms with Crippen LogP contribution in [0, 0.1) is 0 Å². The van der Waals surface area contributed by atoms with Crippen LogP contribution in [0.15, 0.2) is 51.6 Å². The number of carbonyl (C=O) groups is 1. The van der Waals surface area contributed by atoms with E-state index in [0.717, 1.165) is 28.9 Å². The molecule has 8 heteroatoms. The van der Waals surface area contributed by atoms with E-state index in [4.69, 9.17) is 4.52 Å². The maximum absolute atomic E-state index is 12.7. The number of aromatic nitrogens is 3. The summed E-state index contributed by atoms with van der Waals surface area (Å²) in [5, 5.41) is 3.98. The van der Waals surface area contributed by atoms with Crippen LogP contribution in [0.5, 0.6) is 0 Å². The Balaban J connectivity index is 1.39. The van der Waals surface area contributed by atoms with E-state index in [0.29, 0.717) is 36.8 Å². The van der Waals surface area contributed by atoms with Gasteiger partial charge in [0.05, 0.1) is 0 Å². The third-order valence-electron chi connectivity index (χ3n) is 4.74. The molecule has 0 spiro atoms. The first-order valence-electron chi connectivity index (χ1n) is 9.23. The van der Waals surface area contributed by atoms with E-state index in [1.54, 1.807) is 6.20 Å². The lowest BCUT2D eigenvalue weighted by molar-refractivity contribution is 0.0746. The quantitative estimate of drug-likeness (QED) is 0.617. The number of hydrogen-bond donors (Lipinski definition) is 0. The number of carbonyl (C=O) groups excluding carboxylic acids is 1. The summed E-state index contributed by atoms with van der Waals surface area (Å²) in [5.74, 6) is 2.12. The summed E-state index contributed by atoms with van der Waals surface area (Å²) >= 11 is 3.42. The molecule has 4 rings (SSSR count). The van der Waals surface area contributed by atoms with Crippen molar-refractivity contribution < 1.29 is 9.32 Å². The Hall–Kier alpha value is -2.74. The van der Waals surface area contributed by atoms with Crippen molar-refractivity contribution in [2.75, 3.05) is 31.1 Å². The molecule has 7 nitrogen and oxygen atoms in total. The molecule has 3 aromatic rings. The third kappa shape index (κ3) is 3.91. The van der Waals surface area contributed by atoms with Crippen molar-refractivity contribution in [2.45, 2.75) is 13.3 Å². The van der Waals surface area contributed by atoms with Crippen LogP contribution >= 0.6 is 15.9 Å². The van der Waals surface area contributed by atoms with Crippen LogP contribution in [-0.2, 0) is 6.42 Å². The molecule has 1 aromatic carbocycles. The Kier molecular flexibility index (Phi) is 5.38. The lowest BCUT2D eigenvalue weighted by Gasteiger charge is -2.35. The first-order valence-corrected chi connectivity index (χ1v) is 10.0. The van der Waals surface area contributed by atoms with E-state index in [9.17, 15) is 4.79 Å². The van der Waals surface area contributed by atoms with Gasteiger partial charge in [-0.1, -0.05) is 34.1 Å². The minimum Gasteiger partial charge on any atom is -0.353 e. The minimum atomic E-state index is 0.0630. The van der Waals surface area contributed by atoms with Crippen LogP contribution < -0.4 is 4.90 Å². The molecule has 1 aliphatic rings. The second-order valence-electron chi connectivity index (χ2n) is 6.56. The number of aryl methyl sites for hydroxylation is 1. The Morgan fingerprint density at radius 2 is 2.00 bits per heavy atom. The molecule has 1 fully saturated rings. The van der Waals surface area contributed by atoms with Crippen LogP contribution in [0.2, 0.25) is 0 Å². The van der Waals surface area contributed by atoms with E-state index in [1.165, 1.54) is 0 Å². The molecule has 0 unspecified atom stereocenters. The van der Waals surface area contributed by atoms with Gasteiger partial charge >= 0.3 is 0 Å². The molecule has 1 aliphatic heterocycles. The fourth-order valence-corrected chi connectivity index (χ4v) is 3.56. The summed E-state index contributed by atoms with van der Waals surface area (Å²) in [6, 6.07) is 11.4. The molecular formula is C20H20BrN5O2. The van der Waals surface area contributed by atoms with Crippen molar-refractivity contribution in [3.05, 3.63) is 58.5 Å². The highest BCUT2D eigenvalue weighted by atomic mass is 79.9. The van der Waals surface area contributed by atoms with Crippen LogP contribution in [0.3, 0.4) is 0 Å². The zero-order valence-corrected chi connectivity index (χ0v) is 17.1. The highest BCUT2D eigenvalue weighted by Gasteiger charge is 2.23. The summed E-state index contributed by atoms with van der Waals surface area (Å²) in [7, 11) is 0. The summed E-state index contributed by atoms with van der Waals surface area (Å²) < 4.78 is 6.06. The number of halogens is 1. The van der Waals surface area contributed by atoms with Crippen molar-refractivity contribution >= 4 is 27.7 Å². The van der Waals surface area contributed by atoms with E-state index >= 15 is 0 Å². The molecule has 3 heterocycles. The number of amides is 1. The predicted octanol–water partition coefficient (Wildman–Crippen LogP) is 3.42. The second-order valence-corrected chi connectivity index (χ2v) is 7.48. The lowest BCUT2D eigenvalue weighted by Crippen LogP contribution is -2.49. The number of pyridine rings is 1. The van der Waals surface area contributed by atoms with Crippen molar-refractivity contribution in [1.82, 2.24) is 20.0 Å². The summed E-state index contributed by atoms with van der Waals surface area (Å²) in [6.07, 6.45) is 2.47. The summed E-state index contributed by atoms with van der Waals surface area (Å²) in [4.78, 5) is 25.6. The standard InChI is InChI=1S/C20H20BrN5O2/c1-2-18-23-19(24-28-18)15-6-7-17(22-13-15)25-8-10-26(11-9-25)20(27)14-4-3-5-16(21)12-14/h3-7,12-13H,2,8-11H2,1H3. The number of hydrogen-bond acceptors (Lipinski definition) is 6. The summed E-state index contributed by atoms with van der Waals surface area (Å²) in [6.45, 7) is 4.79. The Morgan fingerprint density at radius 3 is 2.64 bits per heavy atom. The zero-order valence-electron chi connectivity index (χ0n) is 15.5. The van der Waals surface area contributed by atoms with Crippen molar-refractivity contribution in [3.8, 4) is 11.4 Å². The van der Waals surface area contributed by atoms with Gasteiger partial charge in [0.1, 0.15) is 5.82 Å². The fourth-order valence-electron chi connectivity index (χ4n) is 3.16. The molecule has 0 atom stereocenters. The predicted molar refractivity (Wildman–Crippen MR) is 109 cm³/mol. The van der Waals surface area contributed by atoms with E-state index in [1.807, 2.05) is 48.2 Å². The molecule has 0 N–H and O–H groups in total. The Bertz CT molecular complexity index is 965. The molecule has 0 saturated carbocycles. The smallest absolute Gasteiger partial charge is 0.254 e.